The number of aromatic nitrogens is 1. The van der Waals surface area contributed by atoms with Crippen molar-refractivity contribution in [2.24, 2.45) is 0 Å². The van der Waals surface area contributed by atoms with Crippen LogP contribution in [0, 0.1) is 30.9 Å². The van der Waals surface area contributed by atoms with Gasteiger partial charge in [-0.3, -0.25) is 14.9 Å². The Bertz CT molecular complexity index is 1460. The normalized spacial score (nSPS) is 10.8. The lowest BCUT2D eigenvalue weighted by Crippen LogP contribution is -2.15. The van der Waals surface area contributed by atoms with Crippen molar-refractivity contribution in [1.29, 1.82) is 0 Å². The van der Waals surface area contributed by atoms with E-state index < -0.39 is 23.3 Å². The van der Waals surface area contributed by atoms with E-state index in [4.69, 9.17) is 9.72 Å². The highest BCUT2D eigenvalue weighted by atomic mass is 16.6. The molecule has 3 aromatic carbocycles. The van der Waals surface area contributed by atoms with Crippen LogP contribution < -0.4 is 0 Å². The molecule has 7 nitrogen and oxygen atoms in total. The number of fused-ring (bicyclic) bond motifs is 1. The van der Waals surface area contributed by atoms with Crippen molar-refractivity contribution in [3.05, 3.63) is 105 Å². The predicted molar refractivity (Wildman–Crippen MR) is 129 cm³/mol. The van der Waals surface area contributed by atoms with Gasteiger partial charge in [0.1, 0.15) is 0 Å². The molecular weight excluding hydrogens is 432 g/mol. The van der Waals surface area contributed by atoms with Crippen molar-refractivity contribution < 1.29 is 19.2 Å². The van der Waals surface area contributed by atoms with Crippen molar-refractivity contribution in [2.75, 3.05) is 6.61 Å². The number of rotatable bonds is 6. The van der Waals surface area contributed by atoms with Gasteiger partial charge in [-0.15, -0.1) is 0 Å². The zero-order valence-electron chi connectivity index (χ0n) is 19.0. The van der Waals surface area contributed by atoms with Gasteiger partial charge < -0.3 is 4.74 Å². The van der Waals surface area contributed by atoms with Gasteiger partial charge >= 0.3 is 5.97 Å². The molecule has 4 aromatic rings. The Balaban J connectivity index is 1.66. The Morgan fingerprint density at radius 1 is 0.941 bits per heavy atom. The van der Waals surface area contributed by atoms with E-state index in [0.29, 0.717) is 22.2 Å². The minimum absolute atomic E-state index is 0.105. The number of pyridine rings is 1. The molecule has 0 spiro atoms. The molecule has 0 atom stereocenters. The van der Waals surface area contributed by atoms with Crippen LogP contribution in [0.15, 0.2) is 66.7 Å². The lowest BCUT2D eigenvalue weighted by Gasteiger charge is -2.11. The molecule has 0 saturated carbocycles. The molecule has 0 radical (unpaired) electrons. The summed E-state index contributed by atoms with van der Waals surface area (Å²) in [7, 11) is 0. The van der Waals surface area contributed by atoms with Crippen LogP contribution in [0.2, 0.25) is 0 Å². The molecule has 0 unspecified atom stereocenters. The molecule has 34 heavy (non-hydrogen) atoms. The Kier molecular flexibility index (Phi) is 6.19. The van der Waals surface area contributed by atoms with Crippen LogP contribution in [-0.4, -0.2) is 28.3 Å². The fourth-order valence-electron chi connectivity index (χ4n) is 3.64. The summed E-state index contributed by atoms with van der Waals surface area (Å²) >= 11 is 0. The van der Waals surface area contributed by atoms with E-state index >= 15 is 0 Å². The molecule has 0 N–H and O–H groups in total. The van der Waals surface area contributed by atoms with Crippen LogP contribution in [0.1, 0.15) is 37.4 Å². The fourth-order valence-corrected chi connectivity index (χ4v) is 3.64. The van der Waals surface area contributed by atoms with Gasteiger partial charge in [-0.25, -0.2) is 9.78 Å². The molecule has 0 aliphatic rings. The largest absolute Gasteiger partial charge is 0.454 e. The van der Waals surface area contributed by atoms with Gasteiger partial charge in [0.2, 0.25) is 5.78 Å². The minimum Gasteiger partial charge on any atom is -0.454 e. The molecule has 0 fully saturated rings. The Morgan fingerprint density at radius 3 is 2.47 bits per heavy atom. The third kappa shape index (κ3) is 4.68. The summed E-state index contributed by atoms with van der Waals surface area (Å²) in [4.78, 5) is 40.7. The van der Waals surface area contributed by atoms with Crippen molar-refractivity contribution in [2.45, 2.75) is 20.8 Å². The topological polar surface area (TPSA) is 99.4 Å². The number of nitro groups is 1. The van der Waals surface area contributed by atoms with Crippen LogP contribution >= 0.6 is 0 Å². The molecule has 1 heterocycles. The first kappa shape index (κ1) is 22.8. The summed E-state index contributed by atoms with van der Waals surface area (Å²) in [6.07, 6.45) is 0. The summed E-state index contributed by atoms with van der Waals surface area (Å²) in [5.41, 5.74) is 5.54. The first-order valence-corrected chi connectivity index (χ1v) is 10.7. The van der Waals surface area contributed by atoms with E-state index in [1.807, 2.05) is 57.2 Å². The molecule has 0 aliphatic carbocycles. The zero-order valence-corrected chi connectivity index (χ0v) is 19.0. The summed E-state index contributed by atoms with van der Waals surface area (Å²) in [5.74, 6) is -1.19. The van der Waals surface area contributed by atoms with Gasteiger partial charge in [0.05, 0.1) is 21.7 Å². The van der Waals surface area contributed by atoms with Crippen LogP contribution in [0.5, 0.6) is 0 Å². The first-order chi connectivity index (χ1) is 16.2. The average Bonchev–Trinajstić information content (AvgIpc) is 2.83. The number of non-ortho nitro benzene ring substituents is 1. The van der Waals surface area contributed by atoms with Gasteiger partial charge in [0, 0.05) is 28.6 Å². The lowest BCUT2D eigenvalue weighted by atomic mass is 10.00. The van der Waals surface area contributed by atoms with Crippen molar-refractivity contribution >= 4 is 28.3 Å². The highest BCUT2D eigenvalue weighted by Gasteiger charge is 2.19. The van der Waals surface area contributed by atoms with E-state index in [9.17, 15) is 19.7 Å². The van der Waals surface area contributed by atoms with Crippen LogP contribution in [0.25, 0.3) is 22.2 Å². The second-order valence-corrected chi connectivity index (χ2v) is 8.18. The third-order valence-corrected chi connectivity index (χ3v) is 5.70. The number of hydrogen-bond donors (Lipinski definition) is 0. The van der Waals surface area contributed by atoms with Gasteiger partial charge in [-0.2, -0.15) is 0 Å². The van der Waals surface area contributed by atoms with Gasteiger partial charge in [-0.05, 0) is 56.2 Å². The Labute approximate surface area is 196 Å². The van der Waals surface area contributed by atoms with Gasteiger partial charge in [-0.1, -0.05) is 35.9 Å². The smallest absolute Gasteiger partial charge is 0.339 e. The lowest BCUT2D eigenvalue weighted by molar-refractivity contribution is -0.384. The monoisotopic (exact) mass is 454 g/mol. The zero-order chi connectivity index (χ0) is 24.4. The maximum Gasteiger partial charge on any atom is 0.339 e. The molecule has 1 aromatic heterocycles. The Hall–Kier alpha value is -4.39. The summed E-state index contributed by atoms with van der Waals surface area (Å²) in [6.45, 7) is 5.42. The van der Waals surface area contributed by atoms with Crippen LogP contribution in [0.4, 0.5) is 5.69 Å². The number of Topliss-reactive ketones (excluding diaryl/α,β-unsaturated/α-hetero) is 1. The maximum atomic E-state index is 13.1. The van der Waals surface area contributed by atoms with Crippen LogP contribution in [-0.2, 0) is 4.74 Å². The van der Waals surface area contributed by atoms with E-state index in [2.05, 4.69) is 0 Å². The molecule has 0 aliphatic heterocycles. The van der Waals surface area contributed by atoms with Gasteiger partial charge in [0.15, 0.2) is 6.61 Å². The number of ketones is 1. The average molecular weight is 454 g/mol. The number of benzene rings is 3. The molecule has 0 bridgehead atoms. The van der Waals surface area contributed by atoms with Crippen molar-refractivity contribution in [3.63, 3.8) is 0 Å². The SMILES string of the molecule is Cc1ccc2nc(-c3ccc(C)c(C)c3)cc(C(=O)OCC(=O)c3cccc([N+](=O)[O-])c3)c2c1. The van der Waals surface area contributed by atoms with E-state index in [0.717, 1.165) is 22.3 Å². The molecule has 7 heteroatoms. The molecule has 170 valence electrons. The Morgan fingerprint density at radius 2 is 1.74 bits per heavy atom. The van der Waals surface area contributed by atoms with Gasteiger partial charge in [0.25, 0.3) is 5.69 Å². The number of nitro benzene ring substituents is 1. The number of ether oxygens (including phenoxy) is 1. The molecule has 0 amide bonds. The number of carbonyl (C=O) groups excluding carboxylic acids is 2. The van der Waals surface area contributed by atoms with Crippen LogP contribution in [0.3, 0.4) is 0 Å². The fraction of sp³-hybridized carbons (Fsp3) is 0.148. The standard InChI is InChI=1S/C27H22N2O5/c1-16-7-10-24-22(11-16)23(14-25(28-24)19-9-8-17(2)18(3)12-19)27(31)34-15-26(30)20-5-4-6-21(13-20)29(32)33/h4-14H,15H2,1-3H3. The predicted octanol–water partition coefficient (Wildman–Crippen LogP) is 5.77. The van der Waals surface area contributed by atoms with Crippen molar-refractivity contribution in [3.8, 4) is 11.3 Å². The quantitative estimate of drug-likeness (QED) is 0.159. The number of esters is 1. The summed E-state index contributed by atoms with van der Waals surface area (Å²) in [5, 5.41) is 11.6. The minimum atomic E-state index is -0.665. The molecular formula is C27H22N2O5. The first-order valence-electron chi connectivity index (χ1n) is 10.7. The van der Waals surface area contributed by atoms with E-state index in [-0.39, 0.29) is 11.3 Å². The second kappa shape index (κ2) is 9.23. The highest BCUT2D eigenvalue weighted by Crippen LogP contribution is 2.27. The van der Waals surface area contributed by atoms with Crippen molar-refractivity contribution in [1.82, 2.24) is 4.98 Å². The maximum absolute atomic E-state index is 13.1. The summed E-state index contributed by atoms with van der Waals surface area (Å²) in [6, 6.07) is 18.6. The number of nitrogens with zero attached hydrogens (tertiary/aromatic N) is 2. The number of aryl methyl sites for hydroxylation is 3. The number of hydrogen-bond acceptors (Lipinski definition) is 6. The highest BCUT2D eigenvalue weighted by molar-refractivity contribution is 6.06. The van der Waals surface area contributed by atoms with E-state index in [1.165, 1.54) is 24.3 Å². The summed E-state index contributed by atoms with van der Waals surface area (Å²) < 4.78 is 5.34. The van der Waals surface area contributed by atoms with E-state index in [1.54, 1.807) is 6.07 Å². The third-order valence-electron chi connectivity index (χ3n) is 5.70. The second-order valence-electron chi connectivity index (χ2n) is 8.18. The number of carbonyl (C=O) groups is 2. The molecule has 4 rings (SSSR count). The molecule has 0 saturated heterocycles.